The van der Waals surface area contributed by atoms with Crippen molar-refractivity contribution in [2.75, 3.05) is 6.61 Å². The van der Waals surface area contributed by atoms with Crippen LogP contribution in [0.15, 0.2) is 46.6 Å². The molecule has 0 aromatic heterocycles. The van der Waals surface area contributed by atoms with Crippen LogP contribution < -0.4 is 10.6 Å². The number of esters is 1. The maximum atomic E-state index is 12.3. The molecule has 2 heterocycles. The zero-order chi connectivity index (χ0) is 16.4. The summed E-state index contributed by atoms with van der Waals surface area (Å²) in [4.78, 5) is 28.9. The fourth-order valence-corrected chi connectivity index (χ4v) is 2.96. The van der Waals surface area contributed by atoms with E-state index in [0.717, 1.165) is 11.3 Å². The zero-order valence-electron chi connectivity index (χ0n) is 13.1. The molecular formula is C17H19N3O3. The first kappa shape index (κ1) is 15.3. The van der Waals surface area contributed by atoms with Gasteiger partial charge in [0.2, 0.25) is 0 Å². The quantitative estimate of drug-likeness (QED) is 0.835. The number of benzene rings is 1. The summed E-state index contributed by atoms with van der Waals surface area (Å²) in [7, 11) is 0. The molecule has 0 saturated carbocycles. The largest absolute Gasteiger partial charge is 0.461 e. The summed E-state index contributed by atoms with van der Waals surface area (Å²) in [6, 6.07) is 9.09. The van der Waals surface area contributed by atoms with E-state index in [0.29, 0.717) is 12.0 Å². The van der Waals surface area contributed by atoms with Crippen molar-refractivity contribution in [3.05, 3.63) is 47.2 Å². The van der Waals surface area contributed by atoms with Crippen molar-refractivity contribution < 1.29 is 14.3 Å². The van der Waals surface area contributed by atoms with Gasteiger partial charge < -0.3 is 15.4 Å². The zero-order valence-corrected chi connectivity index (χ0v) is 13.1. The minimum Gasteiger partial charge on any atom is -0.461 e. The predicted molar refractivity (Wildman–Crippen MR) is 86.2 cm³/mol. The third kappa shape index (κ3) is 2.97. The lowest BCUT2D eigenvalue weighted by atomic mass is 9.86. The lowest BCUT2D eigenvalue weighted by Gasteiger charge is -2.34. The monoisotopic (exact) mass is 313 g/mol. The number of hydrogen-bond donors (Lipinski definition) is 2. The molecule has 0 bridgehead atoms. The van der Waals surface area contributed by atoms with Gasteiger partial charge in [-0.3, -0.25) is 4.99 Å². The van der Waals surface area contributed by atoms with Crippen LogP contribution >= 0.6 is 0 Å². The van der Waals surface area contributed by atoms with Crippen molar-refractivity contribution >= 4 is 17.7 Å². The molecule has 2 amide bonds. The molecule has 0 saturated heterocycles. The molecule has 0 aliphatic carbocycles. The molecule has 0 fully saturated rings. The van der Waals surface area contributed by atoms with E-state index in [1.54, 1.807) is 6.92 Å². The lowest BCUT2D eigenvalue weighted by Crippen LogP contribution is -2.54. The minimum atomic E-state index is -0.527. The fraction of sp³-hybridized carbons (Fsp3) is 0.353. The van der Waals surface area contributed by atoms with Crippen LogP contribution in [-0.4, -0.2) is 36.4 Å². The van der Waals surface area contributed by atoms with Gasteiger partial charge in [0.1, 0.15) is 5.70 Å². The summed E-state index contributed by atoms with van der Waals surface area (Å²) in [5.41, 5.74) is 2.53. The smallest absolute Gasteiger partial charge is 0.355 e. The molecule has 0 spiro atoms. The third-order valence-corrected chi connectivity index (χ3v) is 3.87. The molecule has 1 aromatic carbocycles. The van der Waals surface area contributed by atoms with Crippen LogP contribution in [0, 0.1) is 0 Å². The topological polar surface area (TPSA) is 79.8 Å². The summed E-state index contributed by atoms with van der Waals surface area (Å²) >= 11 is 0. The Morgan fingerprint density at radius 2 is 2.09 bits per heavy atom. The van der Waals surface area contributed by atoms with Crippen LogP contribution in [0.2, 0.25) is 0 Å². The van der Waals surface area contributed by atoms with Crippen molar-refractivity contribution in [1.29, 1.82) is 0 Å². The van der Waals surface area contributed by atoms with Crippen molar-refractivity contribution in [1.82, 2.24) is 10.6 Å². The van der Waals surface area contributed by atoms with Gasteiger partial charge in [-0.05, 0) is 20.3 Å². The number of carbonyl (C=O) groups excluding carboxylic acids is 2. The normalized spacial score (nSPS) is 23.4. The second-order valence-corrected chi connectivity index (χ2v) is 5.59. The van der Waals surface area contributed by atoms with Crippen molar-refractivity contribution in [3.8, 4) is 0 Å². The number of urea groups is 1. The van der Waals surface area contributed by atoms with Crippen LogP contribution in [0.4, 0.5) is 4.79 Å². The van der Waals surface area contributed by atoms with E-state index < -0.39 is 5.97 Å². The van der Waals surface area contributed by atoms with Crippen LogP contribution in [0.1, 0.15) is 25.8 Å². The maximum absolute atomic E-state index is 12.3. The number of amides is 2. The summed E-state index contributed by atoms with van der Waals surface area (Å²) in [6.07, 6.45) is 0.655. The Balaban J connectivity index is 2.14. The minimum absolute atomic E-state index is 0.0563. The summed E-state index contributed by atoms with van der Waals surface area (Å²) in [5, 5.41) is 5.47. The molecule has 6 heteroatoms. The van der Waals surface area contributed by atoms with Gasteiger partial charge in [0.15, 0.2) is 0 Å². The standard InChI is InChI=1S/C17H19N3O3/c1-3-23-16(21)15-13-12(19-17(22)20-15)9-10(2)18-14(13)11-7-5-4-6-8-11/h4-8,10,12H,3,9H2,1-2H3,(H2,19,20,22). The van der Waals surface area contributed by atoms with Crippen LogP contribution in [0.3, 0.4) is 0 Å². The number of aliphatic imine (C=N–C) groups is 1. The molecule has 120 valence electrons. The molecular weight excluding hydrogens is 294 g/mol. The molecule has 0 radical (unpaired) electrons. The van der Waals surface area contributed by atoms with Crippen molar-refractivity contribution in [3.63, 3.8) is 0 Å². The van der Waals surface area contributed by atoms with Crippen LogP contribution in [0.5, 0.6) is 0 Å². The van der Waals surface area contributed by atoms with Crippen LogP contribution in [0.25, 0.3) is 0 Å². The van der Waals surface area contributed by atoms with E-state index in [4.69, 9.17) is 9.73 Å². The van der Waals surface area contributed by atoms with Gasteiger partial charge >= 0.3 is 12.0 Å². The maximum Gasteiger partial charge on any atom is 0.355 e. The Bertz CT molecular complexity index is 694. The van der Waals surface area contributed by atoms with E-state index in [-0.39, 0.29) is 30.4 Å². The molecule has 23 heavy (non-hydrogen) atoms. The lowest BCUT2D eigenvalue weighted by molar-refractivity contribution is -0.139. The van der Waals surface area contributed by atoms with E-state index in [1.165, 1.54) is 0 Å². The number of fused-ring (bicyclic) bond motifs is 1. The molecule has 6 nitrogen and oxygen atoms in total. The van der Waals surface area contributed by atoms with E-state index in [1.807, 2.05) is 37.3 Å². The number of ether oxygens (including phenoxy) is 1. The highest BCUT2D eigenvalue weighted by Gasteiger charge is 2.37. The van der Waals surface area contributed by atoms with Gasteiger partial charge in [-0.2, -0.15) is 0 Å². The van der Waals surface area contributed by atoms with Gasteiger partial charge in [0.25, 0.3) is 0 Å². The summed E-state index contributed by atoms with van der Waals surface area (Å²) < 4.78 is 5.10. The highest BCUT2D eigenvalue weighted by Crippen LogP contribution is 2.28. The predicted octanol–water partition coefficient (Wildman–Crippen LogP) is 1.77. The number of rotatable bonds is 3. The Morgan fingerprint density at radius 3 is 2.78 bits per heavy atom. The molecule has 3 rings (SSSR count). The first-order chi connectivity index (χ1) is 11.1. The molecule has 2 aliphatic heterocycles. The van der Waals surface area contributed by atoms with Gasteiger partial charge in [0.05, 0.1) is 24.4 Å². The van der Waals surface area contributed by atoms with E-state index >= 15 is 0 Å². The average Bonchev–Trinajstić information content (AvgIpc) is 2.54. The van der Waals surface area contributed by atoms with Crippen molar-refractivity contribution in [2.45, 2.75) is 32.4 Å². The average molecular weight is 313 g/mol. The number of nitrogens with zero attached hydrogens (tertiary/aromatic N) is 1. The van der Waals surface area contributed by atoms with Gasteiger partial charge in [-0.25, -0.2) is 9.59 Å². The van der Waals surface area contributed by atoms with E-state index in [2.05, 4.69) is 10.6 Å². The summed E-state index contributed by atoms with van der Waals surface area (Å²) in [6.45, 7) is 3.98. The Morgan fingerprint density at radius 1 is 1.35 bits per heavy atom. The summed E-state index contributed by atoms with van der Waals surface area (Å²) in [5.74, 6) is -0.527. The first-order valence-electron chi connectivity index (χ1n) is 7.72. The van der Waals surface area contributed by atoms with Gasteiger partial charge in [-0.1, -0.05) is 30.3 Å². The molecule has 2 aliphatic rings. The third-order valence-electron chi connectivity index (χ3n) is 3.87. The van der Waals surface area contributed by atoms with Crippen molar-refractivity contribution in [2.24, 2.45) is 4.99 Å². The van der Waals surface area contributed by atoms with Gasteiger partial charge in [-0.15, -0.1) is 0 Å². The Hall–Kier alpha value is -2.63. The fourth-order valence-electron chi connectivity index (χ4n) is 2.96. The SMILES string of the molecule is CCOC(=O)C1=C2C(c3ccccc3)=NC(C)CC2NC(=O)N1. The highest BCUT2D eigenvalue weighted by atomic mass is 16.5. The number of carbonyl (C=O) groups is 2. The first-order valence-corrected chi connectivity index (χ1v) is 7.72. The second-order valence-electron chi connectivity index (χ2n) is 5.59. The second kappa shape index (κ2) is 6.24. The number of nitrogens with one attached hydrogen (secondary N) is 2. The van der Waals surface area contributed by atoms with Crippen LogP contribution in [-0.2, 0) is 9.53 Å². The Labute approximate surface area is 134 Å². The highest BCUT2D eigenvalue weighted by molar-refractivity contribution is 6.18. The van der Waals surface area contributed by atoms with Gasteiger partial charge in [0, 0.05) is 11.1 Å². The van der Waals surface area contributed by atoms with E-state index in [9.17, 15) is 9.59 Å². The number of hydrogen-bond acceptors (Lipinski definition) is 4. The molecule has 2 N–H and O–H groups in total. The molecule has 1 aromatic rings. The Kier molecular flexibility index (Phi) is 4.14. The molecule has 2 unspecified atom stereocenters. The molecule has 2 atom stereocenters.